The molecule has 3 aromatic carbocycles. The van der Waals surface area contributed by atoms with E-state index in [1.807, 2.05) is 110 Å². The molecule has 0 atom stereocenters. The first-order valence-corrected chi connectivity index (χ1v) is 13.5. The summed E-state index contributed by atoms with van der Waals surface area (Å²) in [6, 6.07) is 29.0. The van der Waals surface area contributed by atoms with Gasteiger partial charge in [-0.05, 0) is 37.3 Å². The van der Waals surface area contributed by atoms with Crippen molar-refractivity contribution in [3.63, 3.8) is 0 Å². The molecule has 9 heteroatoms. The van der Waals surface area contributed by atoms with Crippen molar-refractivity contribution in [1.82, 2.24) is 19.1 Å². The predicted octanol–water partition coefficient (Wildman–Crippen LogP) is 5.74. The summed E-state index contributed by atoms with van der Waals surface area (Å²) in [5.41, 5.74) is 4.66. The second-order valence-electron chi connectivity index (χ2n) is 9.01. The largest absolute Gasteiger partial charge is 0.296 e. The fourth-order valence-corrected chi connectivity index (χ4v) is 5.90. The van der Waals surface area contributed by atoms with E-state index in [0.717, 1.165) is 22.5 Å². The van der Waals surface area contributed by atoms with Crippen LogP contribution in [0.2, 0.25) is 0 Å². The maximum atomic E-state index is 13.8. The standard InChI is InChI=1S/C30H23N5O2S2/c1-20-27(29(37)35(32(20)2)24-16-10-5-11-17-24)34-28(36)25(39-30(34)38)18-22-19-33(23-14-8-4-9-15-23)31-26(22)21-12-6-3-7-13-21/h3-19H,1-2H3/b25-18-. The van der Waals surface area contributed by atoms with Gasteiger partial charge < -0.3 is 0 Å². The van der Waals surface area contributed by atoms with Gasteiger partial charge in [-0.2, -0.15) is 5.10 Å². The van der Waals surface area contributed by atoms with Crippen molar-refractivity contribution in [3.05, 3.63) is 124 Å². The molecule has 1 fully saturated rings. The monoisotopic (exact) mass is 549 g/mol. The van der Waals surface area contributed by atoms with Crippen LogP contribution in [0.15, 0.2) is 107 Å². The number of hydrogen-bond donors (Lipinski definition) is 0. The fourth-order valence-electron chi connectivity index (χ4n) is 4.64. The summed E-state index contributed by atoms with van der Waals surface area (Å²) >= 11 is 6.82. The molecule has 192 valence electrons. The average molecular weight is 550 g/mol. The van der Waals surface area contributed by atoms with Crippen LogP contribution in [-0.2, 0) is 11.8 Å². The Morgan fingerprint density at radius 1 is 0.846 bits per heavy atom. The maximum absolute atomic E-state index is 13.8. The van der Waals surface area contributed by atoms with E-state index in [0.29, 0.717) is 20.6 Å². The summed E-state index contributed by atoms with van der Waals surface area (Å²) in [4.78, 5) is 29.2. The van der Waals surface area contributed by atoms with Crippen LogP contribution in [0.25, 0.3) is 28.7 Å². The van der Waals surface area contributed by atoms with E-state index >= 15 is 0 Å². The minimum Gasteiger partial charge on any atom is -0.283 e. The SMILES string of the molecule is Cc1c(N2C(=O)/C(=C/c3cn(-c4ccccc4)nc3-c3ccccc3)SC2=S)c(=O)n(-c2ccccc2)n1C. The topological polar surface area (TPSA) is 65.1 Å². The zero-order chi connectivity index (χ0) is 27.1. The molecular weight excluding hydrogens is 526 g/mol. The highest BCUT2D eigenvalue weighted by molar-refractivity contribution is 8.27. The maximum Gasteiger partial charge on any atom is 0.296 e. The molecule has 6 rings (SSSR count). The van der Waals surface area contributed by atoms with Crippen LogP contribution in [-0.4, -0.2) is 29.4 Å². The van der Waals surface area contributed by atoms with Gasteiger partial charge in [-0.1, -0.05) is 90.7 Å². The van der Waals surface area contributed by atoms with Crippen LogP contribution < -0.4 is 10.5 Å². The van der Waals surface area contributed by atoms with Gasteiger partial charge in [-0.15, -0.1) is 0 Å². The highest BCUT2D eigenvalue weighted by atomic mass is 32.2. The number of benzene rings is 3. The minimum absolute atomic E-state index is 0.260. The van der Waals surface area contributed by atoms with Gasteiger partial charge in [0.2, 0.25) is 0 Å². The predicted molar refractivity (Wildman–Crippen MR) is 160 cm³/mol. The lowest BCUT2D eigenvalue weighted by molar-refractivity contribution is -0.113. The third kappa shape index (κ3) is 4.35. The molecular formula is C30H23N5O2S2. The first-order chi connectivity index (χ1) is 18.9. The van der Waals surface area contributed by atoms with Crippen molar-refractivity contribution >= 4 is 46.0 Å². The Kier molecular flexibility index (Phi) is 6.38. The van der Waals surface area contributed by atoms with Gasteiger partial charge in [0.25, 0.3) is 11.5 Å². The molecule has 1 amide bonds. The Balaban J connectivity index is 1.43. The van der Waals surface area contributed by atoms with Crippen LogP contribution in [0.4, 0.5) is 5.69 Å². The number of thiocarbonyl (C=S) groups is 1. The number of aromatic nitrogens is 4. The number of anilines is 1. The summed E-state index contributed by atoms with van der Waals surface area (Å²) in [6.45, 7) is 1.82. The number of para-hydroxylation sites is 2. The van der Waals surface area contributed by atoms with Crippen LogP contribution in [0.5, 0.6) is 0 Å². The van der Waals surface area contributed by atoms with Crippen LogP contribution >= 0.6 is 24.0 Å². The number of amides is 1. The van der Waals surface area contributed by atoms with Crippen molar-refractivity contribution in [1.29, 1.82) is 0 Å². The van der Waals surface area contributed by atoms with Crippen molar-refractivity contribution in [3.8, 4) is 22.6 Å². The van der Waals surface area contributed by atoms with Crippen molar-refractivity contribution in [2.75, 3.05) is 4.90 Å². The van der Waals surface area contributed by atoms with Crippen molar-refractivity contribution in [2.24, 2.45) is 7.05 Å². The molecule has 7 nitrogen and oxygen atoms in total. The molecule has 0 unspecified atom stereocenters. The smallest absolute Gasteiger partial charge is 0.283 e. The number of hydrogen-bond acceptors (Lipinski definition) is 5. The number of thioether (sulfide) groups is 1. The molecule has 0 N–H and O–H groups in total. The molecule has 0 spiro atoms. The molecule has 0 saturated carbocycles. The summed E-state index contributed by atoms with van der Waals surface area (Å²) in [7, 11) is 1.80. The van der Waals surface area contributed by atoms with E-state index in [1.54, 1.807) is 21.1 Å². The third-order valence-electron chi connectivity index (χ3n) is 6.64. The van der Waals surface area contributed by atoms with Gasteiger partial charge in [0.05, 0.1) is 27.7 Å². The average Bonchev–Trinajstić information content (AvgIpc) is 3.57. The molecule has 3 heterocycles. The van der Waals surface area contributed by atoms with E-state index in [2.05, 4.69) is 0 Å². The third-order valence-corrected chi connectivity index (χ3v) is 7.94. The lowest BCUT2D eigenvalue weighted by atomic mass is 10.1. The molecule has 2 aromatic heterocycles. The highest BCUT2D eigenvalue weighted by Crippen LogP contribution is 2.37. The summed E-state index contributed by atoms with van der Waals surface area (Å²) < 4.78 is 5.40. The van der Waals surface area contributed by atoms with E-state index in [1.165, 1.54) is 16.7 Å². The van der Waals surface area contributed by atoms with E-state index in [4.69, 9.17) is 17.3 Å². The highest BCUT2D eigenvalue weighted by Gasteiger charge is 2.38. The number of carbonyl (C=O) groups is 1. The van der Waals surface area contributed by atoms with Crippen LogP contribution in [0.3, 0.4) is 0 Å². The second-order valence-corrected chi connectivity index (χ2v) is 10.7. The second kappa shape index (κ2) is 10.0. The quantitative estimate of drug-likeness (QED) is 0.207. The summed E-state index contributed by atoms with van der Waals surface area (Å²) in [5.74, 6) is -0.331. The van der Waals surface area contributed by atoms with Crippen molar-refractivity contribution < 1.29 is 4.79 Å². The van der Waals surface area contributed by atoms with Crippen molar-refractivity contribution in [2.45, 2.75) is 6.92 Å². The zero-order valence-corrected chi connectivity index (χ0v) is 22.8. The van der Waals surface area contributed by atoms with Gasteiger partial charge in [0, 0.05) is 24.4 Å². The van der Waals surface area contributed by atoms with E-state index in [-0.39, 0.29) is 17.2 Å². The molecule has 1 saturated heterocycles. The first-order valence-electron chi connectivity index (χ1n) is 12.3. The molecule has 5 aromatic rings. The Morgan fingerprint density at radius 2 is 1.44 bits per heavy atom. The fraction of sp³-hybridized carbons (Fsp3) is 0.0667. The number of nitrogens with zero attached hydrogens (tertiary/aromatic N) is 5. The number of rotatable bonds is 5. The molecule has 1 aliphatic heterocycles. The molecule has 0 aliphatic carbocycles. The Bertz CT molecular complexity index is 1800. The Hall–Kier alpha value is -4.47. The van der Waals surface area contributed by atoms with E-state index < -0.39 is 0 Å². The van der Waals surface area contributed by atoms with E-state index in [9.17, 15) is 9.59 Å². The zero-order valence-electron chi connectivity index (χ0n) is 21.2. The molecule has 0 radical (unpaired) electrons. The lowest BCUT2D eigenvalue weighted by Gasteiger charge is -2.12. The first kappa shape index (κ1) is 24.8. The Morgan fingerprint density at radius 3 is 2.08 bits per heavy atom. The molecule has 39 heavy (non-hydrogen) atoms. The Labute approximate surface area is 234 Å². The summed E-state index contributed by atoms with van der Waals surface area (Å²) in [6.07, 6.45) is 3.71. The van der Waals surface area contributed by atoms with Gasteiger partial charge in [0.15, 0.2) is 4.32 Å². The lowest BCUT2D eigenvalue weighted by Crippen LogP contribution is -2.33. The van der Waals surface area contributed by atoms with Gasteiger partial charge in [-0.25, -0.2) is 9.36 Å². The van der Waals surface area contributed by atoms with Gasteiger partial charge in [-0.3, -0.25) is 19.2 Å². The van der Waals surface area contributed by atoms with Crippen LogP contribution in [0, 0.1) is 6.92 Å². The van der Waals surface area contributed by atoms with Gasteiger partial charge >= 0.3 is 0 Å². The summed E-state index contributed by atoms with van der Waals surface area (Å²) in [5, 5.41) is 4.84. The minimum atomic E-state index is -0.331. The van der Waals surface area contributed by atoms with Gasteiger partial charge in [0.1, 0.15) is 5.69 Å². The normalized spacial score (nSPS) is 14.5. The molecule has 0 bridgehead atoms. The molecule has 1 aliphatic rings. The number of carbonyl (C=O) groups excluding carboxylic acids is 1. The van der Waals surface area contributed by atoms with Crippen LogP contribution in [0.1, 0.15) is 11.3 Å².